The Balaban J connectivity index is 2.31. The van der Waals surface area contributed by atoms with Crippen LogP contribution in [0.25, 0.3) is 0 Å². The molecule has 0 radical (unpaired) electrons. The molecular weight excluding hydrogens is 376 g/mol. The predicted molar refractivity (Wildman–Crippen MR) is 112 cm³/mol. The molecule has 2 N–H and O–H groups in total. The number of urea groups is 1. The van der Waals surface area contributed by atoms with Gasteiger partial charge in [-0.15, -0.1) is 0 Å². The van der Waals surface area contributed by atoms with Crippen molar-refractivity contribution in [3.05, 3.63) is 29.8 Å². The monoisotopic (exact) mass is 412 g/mol. The molecule has 0 heterocycles. The normalized spacial score (nSPS) is 12.2. The van der Waals surface area contributed by atoms with E-state index in [9.17, 15) is 9.90 Å². The maximum Gasteiger partial charge on any atom is 0.321 e. The van der Waals surface area contributed by atoms with Gasteiger partial charge in [0.1, 0.15) is 0 Å². The molecule has 0 aliphatic rings. The molecule has 0 bridgehead atoms. The average molecular weight is 413 g/mol. The standard InChI is InChI=1S/C21H36N2O6/c1-5-26-9-10-27-15-18-7-6-8-19(13-18)22-21(25)23(4)14-20(24)16-28-11-12-29-17(2)3/h6-8,13,17,20,24H,5,9-12,14-16H2,1-4H3,(H,22,25). The minimum Gasteiger partial charge on any atom is -0.389 e. The maximum absolute atomic E-state index is 12.3. The summed E-state index contributed by atoms with van der Waals surface area (Å²) in [4.78, 5) is 13.8. The first-order valence-corrected chi connectivity index (χ1v) is 10.1. The van der Waals surface area contributed by atoms with Crippen molar-refractivity contribution in [2.24, 2.45) is 0 Å². The SMILES string of the molecule is CCOCCOCc1cccc(NC(=O)N(C)CC(O)COCCOC(C)C)c1. The number of nitrogens with one attached hydrogen (secondary N) is 1. The molecule has 8 nitrogen and oxygen atoms in total. The lowest BCUT2D eigenvalue weighted by atomic mass is 10.2. The van der Waals surface area contributed by atoms with Crippen LogP contribution in [0.4, 0.5) is 10.5 Å². The molecule has 166 valence electrons. The first-order valence-electron chi connectivity index (χ1n) is 10.1. The number of benzene rings is 1. The number of ether oxygens (including phenoxy) is 4. The van der Waals surface area contributed by atoms with Crippen molar-refractivity contribution in [3.8, 4) is 0 Å². The maximum atomic E-state index is 12.3. The summed E-state index contributed by atoms with van der Waals surface area (Å²) in [5.41, 5.74) is 1.63. The second-order valence-electron chi connectivity index (χ2n) is 6.91. The number of nitrogens with zero attached hydrogens (tertiary/aromatic N) is 1. The van der Waals surface area contributed by atoms with Crippen molar-refractivity contribution < 1.29 is 28.8 Å². The first kappa shape index (κ1) is 25.3. The van der Waals surface area contributed by atoms with Gasteiger partial charge in [0.2, 0.25) is 0 Å². The number of carbonyl (C=O) groups is 1. The van der Waals surface area contributed by atoms with Crippen molar-refractivity contribution in [2.75, 3.05) is 58.6 Å². The van der Waals surface area contributed by atoms with Gasteiger partial charge in [0.25, 0.3) is 0 Å². The van der Waals surface area contributed by atoms with E-state index in [1.807, 2.05) is 45.0 Å². The summed E-state index contributed by atoms with van der Waals surface area (Å²) in [5, 5.41) is 12.9. The van der Waals surface area contributed by atoms with Gasteiger partial charge >= 0.3 is 6.03 Å². The molecule has 0 spiro atoms. The Bertz CT molecular complexity index is 570. The van der Waals surface area contributed by atoms with Crippen LogP contribution in [0, 0.1) is 0 Å². The summed E-state index contributed by atoms with van der Waals surface area (Å²) in [5.74, 6) is 0. The largest absolute Gasteiger partial charge is 0.389 e. The third-order valence-corrected chi connectivity index (χ3v) is 3.84. The lowest BCUT2D eigenvalue weighted by molar-refractivity contribution is -0.0144. The van der Waals surface area contributed by atoms with Crippen LogP contribution in [0.5, 0.6) is 0 Å². The van der Waals surface area contributed by atoms with Gasteiger partial charge in [-0.2, -0.15) is 0 Å². The molecule has 1 atom stereocenters. The molecule has 8 heteroatoms. The number of aliphatic hydroxyl groups excluding tert-OH is 1. The summed E-state index contributed by atoms with van der Waals surface area (Å²) in [6, 6.07) is 7.16. The Labute approximate surface area is 174 Å². The van der Waals surface area contributed by atoms with E-state index < -0.39 is 6.10 Å². The van der Waals surface area contributed by atoms with E-state index in [4.69, 9.17) is 18.9 Å². The summed E-state index contributed by atoms with van der Waals surface area (Å²) >= 11 is 0. The summed E-state index contributed by atoms with van der Waals surface area (Å²) in [7, 11) is 1.63. The van der Waals surface area contributed by atoms with Crippen molar-refractivity contribution in [3.63, 3.8) is 0 Å². The Morgan fingerprint density at radius 2 is 1.86 bits per heavy atom. The number of anilines is 1. The molecular formula is C21H36N2O6. The number of hydrogen-bond acceptors (Lipinski definition) is 6. The second kappa shape index (κ2) is 15.2. The lowest BCUT2D eigenvalue weighted by Gasteiger charge is -2.21. The molecule has 0 aliphatic heterocycles. The number of amides is 2. The molecule has 2 amide bonds. The van der Waals surface area contributed by atoms with Crippen LogP contribution < -0.4 is 5.32 Å². The molecule has 0 fully saturated rings. The quantitative estimate of drug-likeness (QED) is 0.430. The number of likely N-dealkylation sites (N-methyl/N-ethyl adjacent to an activating group) is 1. The summed E-state index contributed by atoms with van der Waals surface area (Å²) < 4.78 is 21.5. The van der Waals surface area contributed by atoms with Crippen LogP contribution in [0.2, 0.25) is 0 Å². The molecule has 0 aliphatic carbocycles. The number of rotatable bonds is 15. The van der Waals surface area contributed by atoms with Gasteiger partial charge in [0.15, 0.2) is 0 Å². The van der Waals surface area contributed by atoms with Crippen LogP contribution in [0.15, 0.2) is 24.3 Å². The van der Waals surface area contributed by atoms with Crippen LogP contribution in [0.3, 0.4) is 0 Å². The third-order valence-electron chi connectivity index (χ3n) is 3.84. The number of aliphatic hydroxyl groups is 1. The number of carbonyl (C=O) groups excluding carboxylic acids is 1. The van der Waals surface area contributed by atoms with E-state index in [1.54, 1.807) is 7.05 Å². The second-order valence-corrected chi connectivity index (χ2v) is 6.91. The van der Waals surface area contributed by atoms with Crippen LogP contribution >= 0.6 is 0 Å². The Morgan fingerprint density at radius 1 is 1.14 bits per heavy atom. The fraction of sp³-hybridized carbons (Fsp3) is 0.667. The zero-order valence-corrected chi connectivity index (χ0v) is 18.1. The summed E-state index contributed by atoms with van der Waals surface area (Å²) in [6.45, 7) is 9.25. The van der Waals surface area contributed by atoms with E-state index >= 15 is 0 Å². The van der Waals surface area contributed by atoms with Gasteiger partial charge < -0.3 is 34.3 Å². The van der Waals surface area contributed by atoms with E-state index in [0.717, 1.165) is 5.56 Å². The molecule has 0 saturated heterocycles. The average Bonchev–Trinajstić information content (AvgIpc) is 2.67. The van der Waals surface area contributed by atoms with E-state index in [2.05, 4.69) is 5.32 Å². The van der Waals surface area contributed by atoms with Crippen molar-refractivity contribution in [1.29, 1.82) is 0 Å². The van der Waals surface area contributed by atoms with Crippen molar-refractivity contribution in [2.45, 2.75) is 39.6 Å². The van der Waals surface area contributed by atoms with E-state index in [-0.39, 0.29) is 25.3 Å². The van der Waals surface area contributed by atoms with Gasteiger partial charge in [-0.1, -0.05) is 12.1 Å². The van der Waals surface area contributed by atoms with Crippen LogP contribution in [-0.2, 0) is 25.6 Å². The minimum absolute atomic E-state index is 0.146. The Hall–Kier alpha value is -1.71. The van der Waals surface area contributed by atoms with Crippen LogP contribution in [0.1, 0.15) is 26.3 Å². The predicted octanol–water partition coefficient (Wildman–Crippen LogP) is 2.51. The molecule has 0 aromatic heterocycles. The molecule has 0 saturated carbocycles. The minimum atomic E-state index is -0.769. The fourth-order valence-corrected chi connectivity index (χ4v) is 2.42. The smallest absolute Gasteiger partial charge is 0.321 e. The highest BCUT2D eigenvalue weighted by molar-refractivity contribution is 5.89. The van der Waals surface area contributed by atoms with Gasteiger partial charge in [-0.25, -0.2) is 4.79 Å². The highest BCUT2D eigenvalue weighted by atomic mass is 16.5. The fourth-order valence-electron chi connectivity index (χ4n) is 2.42. The van der Waals surface area contributed by atoms with Crippen molar-refractivity contribution >= 4 is 11.7 Å². The van der Waals surface area contributed by atoms with Gasteiger partial charge in [-0.3, -0.25) is 0 Å². The molecule has 1 aromatic carbocycles. The van der Waals surface area contributed by atoms with Gasteiger partial charge in [-0.05, 0) is 38.5 Å². The van der Waals surface area contributed by atoms with E-state index in [0.29, 0.717) is 45.3 Å². The molecule has 1 unspecified atom stereocenters. The highest BCUT2D eigenvalue weighted by Crippen LogP contribution is 2.12. The van der Waals surface area contributed by atoms with E-state index in [1.165, 1.54) is 4.90 Å². The summed E-state index contributed by atoms with van der Waals surface area (Å²) in [6.07, 6.45) is -0.617. The Kier molecular flexibility index (Phi) is 13.3. The van der Waals surface area contributed by atoms with Gasteiger partial charge in [0, 0.05) is 19.3 Å². The van der Waals surface area contributed by atoms with Gasteiger partial charge in [0.05, 0.1) is 58.4 Å². The molecule has 1 aromatic rings. The number of hydrogen-bond donors (Lipinski definition) is 2. The molecule has 29 heavy (non-hydrogen) atoms. The lowest BCUT2D eigenvalue weighted by Crippen LogP contribution is -2.39. The first-order chi connectivity index (χ1) is 13.9. The topological polar surface area (TPSA) is 89.5 Å². The van der Waals surface area contributed by atoms with Crippen molar-refractivity contribution in [1.82, 2.24) is 4.90 Å². The third kappa shape index (κ3) is 12.5. The highest BCUT2D eigenvalue weighted by Gasteiger charge is 2.14. The zero-order chi connectivity index (χ0) is 21.5. The molecule has 1 rings (SSSR count). The zero-order valence-electron chi connectivity index (χ0n) is 18.1. The van der Waals surface area contributed by atoms with Crippen LogP contribution in [-0.4, -0.2) is 81.5 Å². The Morgan fingerprint density at radius 3 is 2.59 bits per heavy atom.